The number of Topliss-reactive ketones (excluding diaryl/α,β-unsaturated/α-hetero) is 1. The molecular weight excluding hydrogens is 504 g/mol. The first kappa shape index (κ1) is 28.7. The molecule has 0 bridgehead atoms. The van der Waals surface area contributed by atoms with Crippen molar-refractivity contribution >= 4 is 17.3 Å². The Morgan fingerprint density at radius 2 is 1.77 bits per heavy atom. The second kappa shape index (κ2) is 11.9. The standard InChI is InChI=1S/C24H24O7.C6H12O2/c1-3-4-8-16(25)24(30)10-9-12-14(11-24)22(28)18-19(20(12)26)23(29)17-13(21(18)27)6-5-7-15(17)31-2;1-7-6-4-2-3-5-8-6/h5-7,26,28,30H,3-4,8-11H2,1-2H3;6H,2-5H2,1H3/t24-;/m1./s1. The number of aliphatic hydroxyl groups is 1. The summed E-state index contributed by atoms with van der Waals surface area (Å²) in [6.07, 6.45) is 5.19. The Hall–Kier alpha value is -3.27. The summed E-state index contributed by atoms with van der Waals surface area (Å²) in [5.74, 6) is -2.21. The number of benzene rings is 2. The number of phenols is 2. The van der Waals surface area contributed by atoms with Crippen LogP contribution in [0.1, 0.15) is 94.8 Å². The van der Waals surface area contributed by atoms with Crippen LogP contribution in [-0.2, 0) is 27.1 Å². The summed E-state index contributed by atoms with van der Waals surface area (Å²) in [7, 11) is 3.07. The zero-order chi connectivity index (χ0) is 28.3. The summed E-state index contributed by atoms with van der Waals surface area (Å²) in [6, 6.07) is 4.57. The number of ketones is 3. The molecule has 1 fully saturated rings. The third-order valence-corrected chi connectivity index (χ3v) is 7.77. The number of aromatic hydroxyl groups is 2. The molecule has 1 unspecified atom stereocenters. The van der Waals surface area contributed by atoms with Crippen LogP contribution in [0.5, 0.6) is 17.2 Å². The highest BCUT2D eigenvalue weighted by molar-refractivity contribution is 6.31. The van der Waals surface area contributed by atoms with E-state index in [0.29, 0.717) is 6.42 Å². The Labute approximate surface area is 227 Å². The largest absolute Gasteiger partial charge is 0.507 e. The van der Waals surface area contributed by atoms with Crippen molar-refractivity contribution in [3.63, 3.8) is 0 Å². The third-order valence-electron chi connectivity index (χ3n) is 7.77. The van der Waals surface area contributed by atoms with E-state index in [1.54, 1.807) is 19.2 Å². The maximum Gasteiger partial charge on any atom is 0.202 e. The topological polar surface area (TPSA) is 140 Å². The fraction of sp³-hybridized carbons (Fsp3) is 0.500. The Kier molecular flexibility index (Phi) is 8.73. The second-order valence-corrected chi connectivity index (χ2v) is 10.2. The van der Waals surface area contributed by atoms with Crippen LogP contribution >= 0.6 is 0 Å². The van der Waals surface area contributed by atoms with Gasteiger partial charge in [-0.3, -0.25) is 14.4 Å². The van der Waals surface area contributed by atoms with E-state index < -0.39 is 22.9 Å². The van der Waals surface area contributed by atoms with Crippen molar-refractivity contribution < 1.29 is 43.9 Å². The van der Waals surface area contributed by atoms with Crippen molar-refractivity contribution in [3.05, 3.63) is 51.6 Å². The molecule has 3 N–H and O–H groups in total. The van der Waals surface area contributed by atoms with Crippen molar-refractivity contribution in [2.75, 3.05) is 20.8 Å². The van der Waals surface area contributed by atoms with E-state index in [2.05, 4.69) is 0 Å². The zero-order valence-corrected chi connectivity index (χ0v) is 22.7. The minimum absolute atomic E-state index is 0.0409. The number of carbonyl (C=O) groups is 3. The Morgan fingerprint density at radius 3 is 2.38 bits per heavy atom. The first-order valence-corrected chi connectivity index (χ1v) is 13.4. The highest BCUT2D eigenvalue weighted by Crippen LogP contribution is 2.48. The van der Waals surface area contributed by atoms with Crippen LogP contribution in [0.15, 0.2) is 18.2 Å². The highest BCUT2D eigenvalue weighted by atomic mass is 16.7. The maximum atomic E-state index is 13.2. The number of carbonyl (C=O) groups excluding carboxylic acids is 3. The normalized spacial score (nSPS) is 21.7. The summed E-state index contributed by atoms with van der Waals surface area (Å²) in [5.41, 5.74) is -1.71. The van der Waals surface area contributed by atoms with Gasteiger partial charge < -0.3 is 29.5 Å². The van der Waals surface area contributed by atoms with E-state index in [0.717, 1.165) is 19.4 Å². The molecular formula is C30H36O9. The lowest BCUT2D eigenvalue weighted by molar-refractivity contribution is -0.145. The van der Waals surface area contributed by atoms with Gasteiger partial charge in [0.2, 0.25) is 5.78 Å². The van der Waals surface area contributed by atoms with Gasteiger partial charge in [0.05, 0.1) is 23.8 Å². The van der Waals surface area contributed by atoms with Gasteiger partial charge in [0.25, 0.3) is 0 Å². The van der Waals surface area contributed by atoms with E-state index >= 15 is 0 Å². The summed E-state index contributed by atoms with van der Waals surface area (Å²) in [4.78, 5) is 39.0. The maximum absolute atomic E-state index is 13.2. The minimum atomic E-state index is -1.68. The van der Waals surface area contributed by atoms with Crippen LogP contribution in [0.25, 0.3) is 0 Å². The van der Waals surface area contributed by atoms with Crippen molar-refractivity contribution in [1.29, 1.82) is 0 Å². The first-order valence-electron chi connectivity index (χ1n) is 13.4. The lowest BCUT2D eigenvalue weighted by Crippen LogP contribution is -2.44. The van der Waals surface area contributed by atoms with Gasteiger partial charge in [0.15, 0.2) is 17.9 Å². The van der Waals surface area contributed by atoms with Gasteiger partial charge in [-0.2, -0.15) is 0 Å². The number of ether oxygens (including phenoxy) is 3. The lowest BCUT2D eigenvalue weighted by Gasteiger charge is -2.34. The molecule has 2 aromatic rings. The molecule has 3 aliphatic rings. The Balaban J connectivity index is 0.000000379. The second-order valence-electron chi connectivity index (χ2n) is 10.2. The first-order chi connectivity index (χ1) is 18.7. The zero-order valence-electron chi connectivity index (χ0n) is 22.7. The van der Waals surface area contributed by atoms with Crippen LogP contribution in [0.3, 0.4) is 0 Å². The van der Waals surface area contributed by atoms with Crippen molar-refractivity contribution in [1.82, 2.24) is 0 Å². The summed E-state index contributed by atoms with van der Waals surface area (Å²) < 4.78 is 15.4. The molecule has 2 atom stereocenters. The van der Waals surface area contributed by atoms with Crippen LogP contribution < -0.4 is 4.74 Å². The van der Waals surface area contributed by atoms with Gasteiger partial charge in [-0.1, -0.05) is 25.5 Å². The van der Waals surface area contributed by atoms with E-state index in [1.165, 1.54) is 26.0 Å². The van der Waals surface area contributed by atoms with Crippen LogP contribution in [0, 0.1) is 0 Å². The molecule has 0 saturated carbocycles. The molecule has 210 valence electrons. The van der Waals surface area contributed by atoms with E-state index in [9.17, 15) is 29.7 Å². The van der Waals surface area contributed by atoms with Crippen molar-refractivity contribution in [3.8, 4) is 17.2 Å². The number of hydrogen-bond donors (Lipinski definition) is 3. The van der Waals surface area contributed by atoms with Crippen LogP contribution in [0.4, 0.5) is 0 Å². The smallest absolute Gasteiger partial charge is 0.202 e. The van der Waals surface area contributed by atoms with Crippen molar-refractivity contribution in [2.24, 2.45) is 0 Å². The molecule has 39 heavy (non-hydrogen) atoms. The molecule has 0 aromatic heterocycles. The summed E-state index contributed by atoms with van der Waals surface area (Å²) in [5, 5.41) is 32.9. The summed E-state index contributed by atoms with van der Waals surface area (Å²) in [6.45, 7) is 2.82. The molecule has 0 amide bonds. The van der Waals surface area contributed by atoms with Gasteiger partial charge in [-0.25, -0.2) is 0 Å². The van der Waals surface area contributed by atoms with Gasteiger partial charge in [-0.15, -0.1) is 0 Å². The Bertz CT molecular complexity index is 1280. The minimum Gasteiger partial charge on any atom is -0.507 e. The fourth-order valence-corrected chi connectivity index (χ4v) is 5.53. The molecule has 1 aliphatic heterocycles. The fourth-order valence-electron chi connectivity index (χ4n) is 5.53. The molecule has 2 aliphatic carbocycles. The van der Waals surface area contributed by atoms with Gasteiger partial charge >= 0.3 is 0 Å². The summed E-state index contributed by atoms with van der Waals surface area (Å²) >= 11 is 0. The predicted octanol–water partition coefficient (Wildman–Crippen LogP) is 4.02. The van der Waals surface area contributed by atoms with E-state index in [-0.39, 0.29) is 82.6 Å². The van der Waals surface area contributed by atoms with Crippen LogP contribution in [0.2, 0.25) is 0 Å². The molecule has 5 rings (SSSR count). The molecule has 1 heterocycles. The van der Waals surface area contributed by atoms with Crippen molar-refractivity contribution in [2.45, 2.75) is 76.6 Å². The number of phenolic OH excluding ortho intramolecular Hbond substituents is 2. The molecule has 1 saturated heterocycles. The lowest BCUT2D eigenvalue weighted by atomic mass is 9.72. The van der Waals surface area contributed by atoms with Gasteiger partial charge in [0, 0.05) is 43.2 Å². The van der Waals surface area contributed by atoms with Crippen LogP contribution in [-0.4, -0.2) is 65.4 Å². The average Bonchev–Trinajstić information content (AvgIpc) is 2.96. The Morgan fingerprint density at radius 1 is 1.05 bits per heavy atom. The monoisotopic (exact) mass is 540 g/mol. The number of hydrogen-bond acceptors (Lipinski definition) is 9. The molecule has 9 nitrogen and oxygen atoms in total. The molecule has 0 radical (unpaired) electrons. The number of unbranched alkanes of at least 4 members (excludes halogenated alkanes) is 1. The predicted molar refractivity (Wildman–Crippen MR) is 142 cm³/mol. The molecule has 0 spiro atoms. The number of methoxy groups -OCH3 is 2. The third kappa shape index (κ3) is 5.31. The number of fused-ring (bicyclic) bond motifs is 3. The van der Waals surface area contributed by atoms with E-state index in [1.807, 2.05) is 6.92 Å². The quantitative estimate of drug-likeness (QED) is 0.396. The molecule has 9 heteroatoms. The highest BCUT2D eigenvalue weighted by Gasteiger charge is 2.45. The average molecular weight is 541 g/mol. The SMILES string of the molecule is CCCCC(=O)[C@@]1(O)CCc2c(O)c3c(c(O)c2C1)C(=O)c1cccc(OC)c1C3=O.COC1CCCCO1. The van der Waals surface area contributed by atoms with Gasteiger partial charge in [0.1, 0.15) is 22.8 Å². The van der Waals surface area contributed by atoms with Gasteiger partial charge in [-0.05, 0) is 44.6 Å². The van der Waals surface area contributed by atoms with E-state index in [4.69, 9.17) is 14.2 Å². The number of rotatable bonds is 6. The molecule has 2 aromatic carbocycles.